The number of hydrogen-bond donors (Lipinski definition) is 5. The molecular weight excluding hydrogens is 751 g/mol. The number of carbonyl (C=O) groups is 4. The van der Waals surface area contributed by atoms with E-state index in [2.05, 4.69) is 80.8 Å². The van der Waals surface area contributed by atoms with Gasteiger partial charge in [0.25, 0.3) is 0 Å². The molecule has 310 valence electrons. The fourth-order valence-corrected chi connectivity index (χ4v) is 8.39. The number of aromatic nitrogens is 5. The summed E-state index contributed by atoms with van der Waals surface area (Å²) in [5, 5.41) is 14.5. The van der Waals surface area contributed by atoms with Crippen molar-refractivity contribution in [2.45, 2.75) is 78.6 Å². The van der Waals surface area contributed by atoms with Gasteiger partial charge < -0.3 is 40.2 Å². The Morgan fingerprint density at radius 2 is 1.22 bits per heavy atom. The molecule has 0 unspecified atom stereocenters. The maximum atomic E-state index is 13.7. The lowest BCUT2D eigenvalue weighted by molar-refractivity contribution is -0.136. The zero-order valence-electron chi connectivity index (χ0n) is 34.5. The van der Waals surface area contributed by atoms with Crippen LogP contribution >= 0.6 is 0 Å². The molecule has 0 radical (unpaired) electrons. The van der Waals surface area contributed by atoms with Gasteiger partial charge in [-0.1, -0.05) is 90.1 Å². The molecule has 5 aromatic rings. The molecule has 59 heavy (non-hydrogen) atoms. The summed E-state index contributed by atoms with van der Waals surface area (Å²) in [6.45, 7) is 12.7. The van der Waals surface area contributed by atoms with Gasteiger partial charge in [-0.05, 0) is 64.8 Å². The fraction of sp³-hybridized carbons (Fsp3) is 0.432. The number of alkyl carbamates (subject to hydrolysis) is 1. The Hall–Kier alpha value is -6.25. The van der Waals surface area contributed by atoms with Crippen LogP contribution in [0.1, 0.15) is 78.1 Å². The molecule has 2 aliphatic rings. The normalized spacial score (nSPS) is 20.3. The Morgan fingerprint density at radius 3 is 1.75 bits per heavy atom. The minimum Gasteiger partial charge on any atom is -0.465 e. The second kappa shape index (κ2) is 16.9. The summed E-state index contributed by atoms with van der Waals surface area (Å²) in [6, 6.07) is 16.4. The molecule has 2 aliphatic heterocycles. The quantitative estimate of drug-likeness (QED) is 0.0919. The molecule has 0 aliphatic carbocycles. The van der Waals surface area contributed by atoms with Crippen molar-refractivity contribution in [2.24, 2.45) is 23.7 Å². The largest absolute Gasteiger partial charge is 0.465 e. The highest BCUT2D eigenvalue weighted by atomic mass is 16.5. The predicted molar refractivity (Wildman–Crippen MR) is 223 cm³/mol. The van der Waals surface area contributed by atoms with E-state index < -0.39 is 24.3 Å². The van der Waals surface area contributed by atoms with Gasteiger partial charge in [0, 0.05) is 24.8 Å². The average molecular weight is 804 g/mol. The number of pyridine rings is 1. The zero-order valence-corrected chi connectivity index (χ0v) is 34.5. The number of aromatic amines is 2. The molecule has 2 aromatic carbocycles. The summed E-state index contributed by atoms with van der Waals surface area (Å²) in [6.07, 6.45) is 3.21. The van der Waals surface area contributed by atoms with Crippen LogP contribution in [-0.2, 0) is 14.3 Å². The van der Waals surface area contributed by atoms with E-state index in [9.17, 15) is 24.3 Å². The van der Waals surface area contributed by atoms with E-state index >= 15 is 0 Å². The van der Waals surface area contributed by atoms with Crippen LogP contribution in [0.2, 0.25) is 0 Å². The predicted octanol–water partition coefficient (Wildman–Crippen LogP) is 7.17. The van der Waals surface area contributed by atoms with Crippen LogP contribution in [0.3, 0.4) is 0 Å². The van der Waals surface area contributed by atoms with Crippen LogP contribution in [0.4, 0.5) is 9.59 Å². The van der Waals surface area contributed by atoms with Crippen LogP contribution in [0.15, 0.2) is 67.0 Å². The number of likely N-dealkylation sites (tertiary alicyclic amines) is 2. The molecule has 0 bridgehead atoms. The number of hydrogen-bond acceptors (Lipinski definition) is 8. The smallest absolute Gasteiger partial charge is 0.407 e. The van der Waals surface area contributed by atoms with Gasteiger partial charge in [-0.2, -0.15) is 0 Å². The van der Waals surface area contributed by atoms with Crippen molar-refractivity contribution >= 4 is 35.2 Å². The van der Waals surface area contributed by atoms with E-state index in [0.29, 0.717) is 30.4 Å². The number of carbonyl (C=O) groups excluding carboxylic acids is 3. The molecular formula is C44H53N9O6. The van der Waals surface area contributed by atoms with Gasteiger partial charge in [0.2, 0.25) is 11.8 Å². The van der Waals surface area contributed by atoms with Crippen LogP contribution in [0, 0.1) is 23.7 Å². The minimum absolute atomic E-state index is 0.130. The van der Waals surface area contributed by atoms with Crippen LogP contribution in [-0.4, -0.2) is 96.1 Å². The standard InChI is InChI=1S/C44H53N9O6/c1-23(2)36(49-43(56)57)41(54)52-21-25(5)16-34(52)39-46-20-33(48-39)30-14-12-28(13-15-30)27-8-10-29(11-9-27)31-18-32-38(45-19-31)51-40(47-32)35-17-26(6)22-53(35)42(55)37(24(3)4)50-44(58)59-7/h8-15,18-20,23-26,34-37,49H,16-17,21-22H2,1-7H3,(H,46,48)(H,50,58)(H,56,57)(H,45,47,51)/t25-,26-,34-,35-,36-,37-/m0/s1. The second-order valence-corrected chi connectivity index (χ2v) is 16.8. The number of methoxy groups -OCH3 is 1. The molecule has 6 atom stereocenters. The summed E-state index contributed by atoms with van der Waals surface area (Å²) in [5.74, 6) is 1.13. The number of imidazole rings is 2. The average Bonchev–Trinajstić information content (AvgIpc) is 4.03. The topological polar surface area (TPSA) is 199 Å². The first kappa shape index (κ1) is 40.9. The number of rotatable bonds is 11. The summed E-state index contributed by atoms with van der Waals surface area (Å²) in [4.78, 5) is 75.3. The number of benzene rings is 2. The lowest BCUT2D eigenvalue weighted by Gasteiger charge is -2.30. The number of carboxylic acid groups (broad SMARTS) is 1. The number of fused-ring (bicyclic) bond motifs is 1. The van der Waals surface area contributed by atoms with Crippen molar-refractivity contribution in [3.8, 4) is 33.5 Å². The van der Waals surface area contributed by atoms with E-state index in [-0.39, 0.29) is 47.6 Å². The van der Waals surface area contributed by atoms with Gasteiger partial charge in [0.1, 0.15) is 23.7 Å². The van der Waals surface area contributed by atoms with E-state index in [1.165, 1.54) is 7.11 Å². The van der Waals surface area contributed by atoms with E-state index in [0.717, 1.165) is 51.9 Å². The highest BCUT2D eigenvalue weighted by molar-refractivity contribution is 5.87. The van der Waals surface area contributed by atoms with Gasteiger partial charge in [0.15, 0.2) is 5.65 Å². The van der Waals surface area contributed by atoms with Gasteiger partial charge in [-0.3, -0.25) is 9.59 Å². The van der Waals surface area contributed by atoms with E-state index in [1.54, 1.807) is 11.1 Å². The number of nitrogens with one attached hydrogen (secondary N) is 4. The molecule has 5 heterocycles. The van der Waals surface area contributed by atoms with Crippen molar-refractivity contribution in [3.05, 3.63) is 78.6 Å². The number of ether oxygens (including phenoxy) is 1. The first-order chi connectivity index (χ1) is 28.2. The molecule has 7 rings (SSSR count). The number of H-pyrrole nitrogens is 2. The molecule has 5 N–H and O–H groups in total. The Bertz CT molecular complexity index is 2320. The number of amides is 4. The highest BCUT2D eigenvalue weighted by Crippen LogP contribution is 2.38. The van der Waals surface area contributed by atoms with Crippen molar-refractivity contribution in [2.75, 3.05) is 20.2 Å². The molecule has 2 fully saturated rings. The van der Waals surface area contributed by atoms with Gasteiger partial charge in [-0.15, -0.1) is 0 Å². The van der Waals surface area contributed by atoms with Crippen molar-refractivity contribution in [1.82, 2.24) is 45.4 Å². The van der Waals surface area contributed by atoms with Crippen molar-refractivity contribution < 1.29 is 29.0 Å². The second-order valence-electron chi connectivity index (χ2n) is 16.8. The monoisotopic (exact) mass is 803 g/mol. The maximum Gasteiger partial charge on any atom is 0.407 e. The van der Waals surface area contributed by atoms with Crippen LogP contribution in [0.25, 0.3) is 44.7 Å². The fourth-order valence-electron chi connectivity index (χ4n) is 8.39. The minimum atomic E-state index is -1.22. The van der Waals surface area contributed by atoms with Gasteiger partial charge >= 0.3 is 12.2 Å². The molecule has 0 spiro atoms. The zero-order chi connectivity index (χ0) is 42.1. The van der Waals surface area contributed by atoms with Gasteiger partial charge in [0.05, 0.1) is 36.6 Å². The summed E-state index contributed by atoms with van der Waals surface area (Å²) >= 11 is 0. The lowest BCUT2D eigenvalue weighted by atomic mass is 10.00. The SMILES string of the molecule is COC(=O)N[C@H](C(=O)N1C[C@@H](C)C[C@H]1c1nc2ncc(-c3ccc(-c4ccc(-c5cnc([C@@H]6C[C@H](C)CN6C(=O)[C@@H](NC(=O)O)C(C)C)[nH]5)cc4)cc3)cc2[nH]1)C(C)C. The third kappa shape index (κ3) is 8.64. The molecule has 4 amide bonds. The van der Waals surface area contributed by atoms with Crippen molar-refractivity contribution in [3.63, 3.8) is 0 Å². The maximum absolute atomic E-state index is 13.7. The third-order valence-electron chi connectivity index (χ3n) is 11.5. The number of nitrogens with zero attached hydrogens (tertiary/aromatic N) is 5. The molecule has 0 saturated carbocycles. The van der Waals surface area contributed by atoms with Crippen molar-refractivity contribution in [1.29, 1.82) is 0 Å². The summed E-state index contributed by atoms with van der Waals surface area (Å²) in [7, 11) is 1.29. The first-order valence-electron chi connectivity index (χ1n) is 20.3. The van der Waals surface area contributed by atoms with Crippen LogP contribution < -0.4 is 10.6 Å². The Kier molecular flexibility index (Phi) is 11.7. The molecule has 15 heteroatoms. The highest BCUT2D eigenvalue weighted by Gasteiger charge is 2.41. The summed E-state index contributed by atoms with van der Waals surface area (Å²) < 4.78 is 4.78. The van der Waals surface area contributed by atoms with E-state index in [1.807, 2.05) is 57.0 Å². The van der Waals surface area contributed by atoms with E-state index in [4.69, 9.17) is 9.72 Å². The lowest BCUT2D eigenvalue weighted by Crippen LogP contribution is -2.51. The molecule has 2 saturated heterocycles. The third-order valence-corrected chi connectivity index (χ3v) is 11.5. The Balaban J connectivity index is 1.04. The molecule has 3 aromatic heterocycles. The Labute approximate surface area is 343 Å². The summed E-state index contributed by atoms with van der Waals surface area (Å²) in [5.41, 5.74) is 7.15. The van der Waals surface area contributed by atoms with Crippen LogP contribution in [0.5, 0.6) is 0 Å². The first-order valence-corrected chi connectivity index (χ1v) is 20.3. The van der Waals surface area contributed by atoms with Gasteiger partial charge in [-0.25, -0.2) is 24.5 Å². The Morgan fingerprint density at radius 1 is 0.712 bits per heavy atom. The molecule has 15 nitrogen and oxygen atoms in total.